The molecule has 0 radical (unpaired) electrons. The second-order valence-electron chi connectivity index (χ2n) is 7.24. The van der Waals surface area contributed by atoms with Gasteiger partial charge in [-0.2, -0.15) is 0 Å². The Morgan fingerprint density at radius 3 is 2.21 bits per heavy atom. The summed E-state index contributed by atoms with van der Waals surface area (Å²) >= 11 is 12.5. The highest BCUT2D eigenvalue weighted by Crippen LogP contribution is 2.29. The monoisotopic (exact) mass is 506 g/mol. The van der Waals surface area contributed by atoms with Crippen molar-refractivity contribution in [3.63, 3.8) is 0 Å². The van der Waals surface area contributed by atoms with Gasteiger partial charge < -0.3 is 10.1 Å². The number of carbonyl (C=O) groups is 1. The molecule has 0 heterocycles. The number of amides is 1. The van der Waals surface area contributed by atoms with Crippen LogP contribution in [0.2, 0.25) is 10.0 Å². The number of sulfonamides is 1. The second kappa shape index (κ2) is 10.9. The molecule has 3 rings (SSSR count). The largest absolute Gasteiger partial charge is 0.494 e. The highest BCUT2D eigenvalue weighted by atomic mass is 35.5. The van der Waals surface area contributed by atoms with Crippen LogP contribution in [0.4, 0.5) is 5.69 Å². The van der Waals surface area contributed by atoms with Gasteiger partial charge in [-0.3, -0.25) is 9.10 Å². The Kier molecular flexibility index (Phi) is 8.24. The van der Waals surface area contributed by atoms with Gasteiger partial charge in [0, 0.05) is 33.3 Å². The van der Waals surface area contributed by atoms with Gasteiger partial charge in [0.15, 0.2) is 0 Å². The average Bonchev–Trinajstić information content (AvgIpc) is 2.77. The number of halogens is 2. The van der Waals surface area contributed by atoms with Crippen LogP contribution in [0.25, 0.3) is 0 Å². The van der Waals surface area contributed by atoms with E-state index in [1.54, 1.807) is 42.5 Å². The third kappa shape index (κ3) is 6.41. The molecule has 0 bridgehead atoms. The van der Waals surface area contributed by atoms with E-state index in [4.69, 9.17) is 27.9 Å². The van der Waals surface area contributed by atoms with Crippen molar-refractivity contribution in [1.82, 2.24) is 5.32 Å². The number of hydrogen-bond acceptors (Lipinski definition) is 4. The van der Waals surface area contributed by atoms with Crippen LogP contribution in [0, 0.1) is 0 Å². The van der Waals surface area contributed by atoms with Crippen molar-refractivity contribution in [2.75, 3.05) is 17.2 Å². The predicted molar refractivity (Wildman–Crippen MR) is 133 cm³/mol. The molecule has 0 spiro atoms. The summed E-state index contributed by atoms with van der Waals surface area (Å²) in [6, 6.07) is 18.8. The summed E-state index contributed by atoms with van der Waals surface area (Å²) in [4.78, 5) is 12.6. The SMILES string of the molecule is CCOc1ccccc1CNC(=O)c1ccc(N(Cc2c(Cl)cccc2Cl)S(C)(=O)=O)cc1. The number of benzene rings is 3. The van der Waals surface area contributed by atoms with Crippen molar-refractivity contribution in [3.05, 3.63) is 93.5 Å². The molecular formula is C24H24Cl2N2O4S. The van der Waals surface area contributed by atoms with Crippen molar-refractivity contribution in [2.24, 2.45) is 0 Å². The van der Waals surface area contributed by atoms with E-state index in [0.717, 1.165) is 17.6 Å². The first kappa shape index (κ1) is 24.9. The van der Waals surface area contributed by atoms with Crippen molar-refractivity contribution >= 4 is 44.8 Å². The van der Waals surface area contributed by atoms with Gasteiger partial charge >= 0.3 is 0 Å². The molecule has 0 aliphatic heterocycles. The molecule has 0 aliphatic carbocycles. The number of hydrogen-bond donors (Lipinski definition) is 1. The fourth-order valence-corrected chi connectivity index (χ4v) is 4.62. The molecule has 0 fully saturated rings. The average molecular weight is 507 g/mol. The van der Waals surface area contributed by atoms with Crippen LogP contribution < -0.4 is 14.4 Å². The molecule has 0 saturated carbocycles. The van der Waals surface area contributed by atoms with E-state index in [9.17, 15) is 13.2 Å². The van der Waals surface area contributed by atoms with E-state index >= 15 is 0 Å². The Labute approximate surface area is 204 Å². The second-order valence-corrected chi connectivity index (χ2v) is 9.96. The topological polar surface area (TPSA) is 75.7 Å². The Hall–Kier alpha value is -2.74. The summed E-state index contributed by atoms with van der Waals surface area (Å²) in [5.74, 6) is 0.436. The van der Waals surface area contributed by atoms with Gasteiger partial charge in [0.2, 0.25) is 10.0 Å². The van der Waals surface area contributed by atoms with E-state index in [-0.39, 0.29) is 12.5 Å². The summed E-state index contributed by atoms with van der Waals surface area (Å²) < 4.78 is 31.7. The van der Waals surface area contributed by atoms with Crippen LogP contribution in [0.15, 0.2) is 66.7 Å². The molecule has 0 saturated heterocycles. The highest BCUT2D eigenvalue weighted by molar-refractivity contribution is 7.92. The Bertz CT molecular complexity index is 1210. The molecular weight excluding hydrogens is 483 g/mol. The Morgan fingerprint density at radius 2 is 1.61 bits per heavy atom. The van der Waals surface area contributed by atoms with Crippen molar-refractivity contribution in [3.8, 4) is 5.75 Å². The van der Waals surface area contributed by atoms with Gasteiger partial charge in [-0.25, -0.2) is 8.42 Å². The molecule has 3 aromatic carbocycles. The lowest BCUT2D eigenvalue weighted by Gasteiger charge is -2.23. The highest BCUT2D eigenvalue weighted by Gasteiger charge is 2.21. The van der Waals surface area contributed by atoms with E-state index in [1.165, 1.54) is 4.31 Å². The quantitative estimate of drug-likeness (QED) is 0.427. The van der Waals surface area contributed by atoms with Gasteiger partial charge in [0.05, 0.1) is 25.1 Å². The lowest BCUT2D eigenvalue weighted by atomic mass is 10.1. The molecule has 0 unspecified atom stereocenters. The molecule has 0 atom stereocenters. The maximum absolute atomic E-state index is 12.6. The lowest BCUT2D eigenvalue weighted by Crippen LogP contribution is -2.29. The molecule has 1 amide bonds. The van der Waals surface area contributed by atoms with Crippen LogP contribution in [0.5, 0.6) is 5.75 Å². The number of carbonyl (C=O) groups excluding carboxylic acids is 1. The number of anilines is 1. The molecule has 0 aromatic heterocycles. The van der Waals surface area contributed by atoms with E-state index < -0.39 is 10.0 Å². The van der Waals surface area contributed by atoms with E-state index in [1.807, 2.05) is 31.2 Å². The van der Waals surface area contributed by atoms with Crippen LogP contribution >= 0.6 is 23.2 Å². The Morgan fingerprint density at radius 1 is 0.970 bits per heavy atom. The number of para-hydroxylation sites is 1. The molecule has 1 N–H and O–H groups in total. The third-order valence-electron chi connectivity index (χ3n) is 4.89. The normalized spacial score (nSPS) is 11.2. The first-order valence-corrected chi connectivity index (χ1v) is 12.8. The van der Waals surface area contributed by atoms with Gasteiger partial charge in [0.25, 0.3) is 5.91 Å². The number of nitrogens with one attached hydrogen (secondary N) is 1. The fraction of sp³-hybridized carbons (Fsp3) is 0.208. The third-order valence-corrected chi connectivity index (χ3v) is 6.74. The van der Waals surface area contributed by atoms with Gasteiger partial charge in [-0.15, -0.1) is 0 Å². The molecule has 3 aromatic rings. The standard InChI is InChI=1S/C24H24Cl2N2O4S/c1-3-32-23-10-5-4-7-18(23)15-27-24(29)17-11-13-19(14-12-17)28(33(2,30)31)16-20-21(25)8-6-9-22(20)26/h4-14H,3,15-16H2,1-2H3,(H,27,29). The van der Waals surface area contributed by atoms with Gasteiger partial charge in [-0.1, -0.05) is 47.5 Å². The predicted octanol–water partition coefficient (Wildman–Crippen LogP) is 5.29. The van der Waals surface area contributed by atoms with Crippen LogP contribution in [-0.4, -0.2) is 27.2 Å². The summed E-state index contributed by atoms with van der Waals surface area (Å²) in [6.07, 6.45) is 1.11. The maximum Gasteiger partial charge on any atom is 0.251 e. The summed E-state index contributed by atoms with van der Waals surface area (Å²) in [5, 5.41) is 3.61. The van der Waals surface area contributed by atoms with Crippen LogP contribution in [-0.2, 0) is 23.1 Å². The minimum Gasteiger partial charge on any atom is -0.494 e. The zero-order chi connectivity index (χ0) is 24.0. The smallest absolute Gasteiger partial charge is 0.251 e. The maximum atomic E-state index is 12.6. The first-order chi connectivity index (χ1) is 15.7. The van der Waals surface area contributed by atoms with Gasteiger partial charge in [-0.05, 0) is 49.4 Å². The Balaban J connectivity index is 1.76. The van der Waals surface area contributed by atoms with Crippen molar-refractivity contribution in [2.45, 2.75) is 20.0 Å². The van der Waals surface area contributed by atoms with Crippen molar-refractivity contribution in [1.29, 1.82) is 0 Å². The minimum atomic E-state index is -3.64. The molecule has 6 nitrogen and oxygen atoms in total. The zero-order valence-corrected chi connectivity index (χ0v) is 20.5. The van der Waals surface area contributed by atoms with Crippen molar-refractivity contribution < 1.29 is 17.9 Å². The minimum absolute atomic E-state index is 0.0307. The zero-order valence-electron chi connectivity index (χ0n) is 18.2. The molecule has 9 heteroatoms. The molecule has 33 heavy (non-hydrogen) atoms. The van der Waals surface area contributed by atoms with Crippen LogP contribution in [0.1, 0.15) is 28.4 Å². The van der Waals surface area contributed by atoms with E-state index in [0.29, 0.717) is 40.0 Å². The number of nitrogens with zero attached hydrogens (tertiary/aromatic N) is 1. The summed E-state index contributed by atoms with van der Waals surface area (Å²) in [6.45, 7) is 2.70. The summed E-state index contributed by atoms with van der Waals surface area (Å²) in [5.41, 5.74) is 2.16. The van der Waals surface area contributed by atoms with Crippen LogP contribution in [0.3, 0.4) is 0 Å². The number of rotatable bonds is 9. The summed E-state index contributed by atoms with van der Waals surface area (Å²) in [7, 11) is -3.64. The lowest BCUT2D eigenvalue weighted by molar-refractivity contribution is 0.0950. The first-order valence-electron chi connectivity index (χ1n) is 10.2. The van der Waals surface area contributed by atoms with E-state index in [2.05, 4.69) is 5.32 Å². The molecule has 174 valence electrons. The number of ether oxygens (including phenoxy) is 1. The molecule has 0 aliphatic rings. The van der Waals surface area contributed by atoms with Gasteiger partial charge in [0.1, 0.15) is 5.75 Å². The fourth-order valence-electron chi connectivity index (χ4n) is 3.23.